The van der Waals surface area contributed by atoms with Crippen molar-refractivity contribution in [3.63, 3.8) is 0 Å². The van der Waals surface area contributed by atoms with E-state index in [-0.39, 0.29) is 5.75 Å². The molecule has 0 fully saturated rings. The molecule has 0 saturated heterocycles. The van der Waals surface area contributed by atoms with Crippen LogP contribution >= 0.6 is 34.8 Å². The molecule has 0 aromatic heterocycles. The number of benzene rings is 2. The van der Waals surface area contributed by atoms with E-state index in [0.29, 0.717) is 21.5 Å². The molecule has 2 aromatic rings. The van der Waals surface area contributed by atoms with Gasteiger partial charge in [0.25, 0.3) is 0 Å². The Morgan fingerprint density at radius 3 is 2.17 bits per heavy atom. The highest BCUT2D eigenvalue weighted by Crippen LogP contribution is 2.30. The van der Waals surface area contributed by atoms with Crippen LogP contribution in [0, 0.1) is 6.92 Å². The maximum atomic E-state index is 9.61. The Labute approximate surface area is 121 Å². The van der Waals surface area contributed by atoms with Crippen molar-refractivity contribution in [1.82, 2.24) is 0 Å². The van der Waals surface area contributed by atoms with Crippen molar-refractivity contribution in [2.24, 2.45) is 0 Å². The normalized spacial score (nSPS) is 10.7. The lowest BCUT2D eigenvalue weighted by Gasteiger charge is -2.07. The Kier molecular flexibility index (Phi) is 4.06. The summed E-state index contributed by atoms with van der Waals surface area (Å²) >= 11 is 17.8. The van der Waals surface area contributed by atoms with E-state index in [4.69, 9.17) is 34.8 Å². The van der Waals surface area contributed by atoms with E-state index in [1.807, 2.05) is 25.1 Å². The molecule has 4 heteroatoms. The summed E-state index contributed by atoms with van der Waals surface area (Å²) in [6, 6.07) is 9.19. The molecule has 2 aromatic carbocycles. The quantitative estimate of drug-likeness (QED) is 0.803. The van der Waals surface area contributed by atoms with Crippen molar-refractivity contribution in [3.8, 4) is 5.75 Å². The molecular weight excluding hydrogens is 291 g/mol. The molecule has 0 aliphatic carbocycles. The van der Waals surface area contributed by atoms with Crippen molar-refractivity contribution < 1.29 is 5.11 Å². The maximum absolute atomic E-state index is 9.61. The molecule has 94 valence electrons. The van der Waals surface area contributed by atoms with E-state index in [9.17, 15) is 5.11 Å². The highest BCUT2D eigenvalue weighted by Gasteiger charge is 2.06. The summed E-state index contributed by atoms with van der Waals surface area (Å²) in [5, 5.41) is 11.1. The van der Waals surface area contributed by atoms with E-state index in [0.717, 1.165) is 16.7 Å². The van der Waals surface area contributed by atoms with Gasteiger partial charge in [-0.15, -0.1) is 0 Å². The lowest BCUT2D eigenvalue weighted by molar-refractivity contribution is 0.471. The largest absolute Gasteiger partial charge is 0.506 e. The Hall–Kier alpha value is -0.890. The van der Waals surface area contributed by atoms with Crippen LogP contribution in [0.5, 0.6) is 5.75 Å². The molecule has 0 radical (unpaired) electrons. The van der Waals surface area contributed by atoms with E-state index in [1.165, 1.54) is 0 Å². The van der Waals surface area contributed by atoms with Crippen molar-refractivity contribution in [1.29, 1.82) is 0 Å². The molecule has 0 heterocycles. The third-order valence-corrected chi connectivity index (χ3v) is 3.73. The first kappa shape index (κ1) is 13.5. The minimum absolute atomic E-state index is 0.134. The van der Waals surface area contributed by atoms with Crippen LogP contribution in [0.3, 0.4) is 0 Å². The number of aryl methyl sites for hydroxylation is 1. The van der Waals surface area contributed by atoms with Gasteiger partial charge in [0.1, 0.15) is 5.75 Å². The Balaban J connectivity index is 2.31. The molecule has 0 aliphatic rings. The molecule has 0 spiro atoms. The molecule has 0 aliphatic heterocycles. The lowest BCUT2D eigenvalue weighted by Crippen LogP contribution is -1.90. The fraction of sp³-hybridized carbons (Fsp3) is 0.143. The number of phenols is 1. The molecule has 2 rings (SSSR count). The molecule has 0 unspecified atom stereocenters. The summed E-state index contributed by atoms with van der Waals surface area (Å²) in [5.74, 6) is 0.134. The van der Waals surface area contributed by atoms with Gasteiger partial charge in [0.15, 0.2) is 0 Å². The number of hydrogen-bond donors (Lipinski definition) is 1. The predicted molar refractivity (Wildman–Crippen MR) is 77.1 cm³/mol. The van der Waals surface area contributed by atoms with E-state index in [1.54, 1.807) is 12.1 Å². The highest BCUT2D eigenvalue weighted by molar-refractivity contribution is 6.42. The second-order valence-electron chi connectivity index (χ2n) is 4.17. The van der Waals surface area contributed by atoms with E-state index in [2.05, 4.69) is 0 Å². The van der Waals surface area contributed by atoms with E-state index >= 15 is 0 Å². The fourth-order valence-electron chi connectivity index (χ4n) is 1.79. The first-order valence-electron chi connectivity index (χ1n) is 5.39. The zero-order valence-electron chi connectivity index (χ0n) is 9.67. The average molecular weight is 302 g/mol. The van der Waals surface area contributed by atoms with Gasteiger partial charge in [-0.2, -0.15) is 0 Å². The second-order valence-corrected chi connectivity index (χ2v) is 5.39. The van der Waals surface area contributed by atoms with Crippen molar-refractivity contribution >= 4 is 34.8 Å². The highest BCUT2D eigenvalue weighted by atomic mass is 35.5. The van der Waals surface area contributed by atoms with Crippen LogP contribution in [-0.4, -0.2) is 5.11 Å². The van der Waals surface area contributed by atoms with Crippen LogP contribution < -0.4 is 0 Å². The first-order chi connectivity index (χ1) is 8.47. The van der Waals surface area contributed by atoms with E-state index < -0.39 is 0 Å². The minimum atomic E-state index is 0.134. The van der Waals surface area contributed by atoms with Gasteiger partial charge in [-0.05, 0) is 48.2 Å². The molecule has 0 atom stereocenters. The smallest absolute Gasteiger partial charge is 0.137 e. The summed E-state index contributed by atoms with van der Waals surface area (Å²) in [6.07, 6.45) is 0.692. The third kappa shape index (κ3) is 2.92. The van der Waals surface area contributed by atoms with Crippen LogP contribution in [0.2, 0.25) is 15.1 Å². The SMILES string of the molecule is Cc1cc(Cc2ccc(Cl)c(Cl)c2)cc(Cl)c1O. The summed E-state index contributed by atoms with van der Waals surface area (Å²) in [5.41, 5.74) is 2.83. The number of aromatic hydroxyl groups is 1. The lowest BCUT2D eigenvalue weighted by atomic mass is 10.0. The molecule has 0 bridgehead atoms. The van der Waals surface area contributed by atoms with Gasteiger partial charge >= 0.3 is 0 Å². The van der Waals surface area contributed by atoms with Gasteiger partial charge in [0, 0.05) is 0 Å². The third-order valence-electron chi connectivity index (χ3n) is 2.71. The second kappa shape index (κ2) is 5.40. The van der Waals surface area contributed by atoms with Crippen LogP contribution in [-0.2, 0) is 6.42 Å². The molecule has 0 saturated carbocycles. The van der Waals surface area contributed by atoms with Crippen LogP contribution in [0.15, 0.2) is 30.3 Å². The summed E-state index contributed by atoms with van der Waals surface area (Å²) < 4.78 is 0. The van der Waals surface area contributed by atoms with Crippen molar-refractivity contribution in [2.45, 2.75) is 13.3 Å². The van der Waals surface area contributed by atoms with Crippen LogP contribution in [0.25, 0.3) is 0 Å². The maximum Gasteiger partial charge on any atom is 0.137 e. The van der Waals surface area contributed by atoms with Crippen LogP contribution in [0.4, 0.5) is 0 Å². The Morgan fingerprint density at radius 2 is 1.56 bits per heavy atom. The van der Waals surface area contributed by atoms with Crippen LogP contribution in [0.1, 0.15) is 16.7 Å². The number of phenolic OH excluding ortho intramolecular Hbond substituents is 1. The molecule has 18 heavy (non-hydrogen) atoms. The zero-order chi connectivity index (χ0) is 13.3. The topological polar surface area (TPSA) is 20.2 Å². The summed E-state index contributed by atoms with van der Waals surface area (Å²) in [4.78, 5) is 0. The van der Waals surface area contributed by atoms with Gasteiger partial charge in [-0.1, -0.05) is 46.9 Å². The van der Waals surface area contributed by atoms with Gasteiger partial charge in [-0.3, -0.25) is 0 Å². The van der Waals surface area contributed by atoms with Gasteiger partial charge in [-0.25, -0.2) is 0 Å². The molecule has 0 amide bonds. The average Bonchev–Trinajstić information content (AvgIpc) is 2.31. The molecule has 1 nitrogen and oxygen atoms in total. The number of halogens is 3. The van der Waals surface area contributed by atoms with Gasteiger partial charge < -0.3 is 5.11 Å². The zero-order valence-corrected chi connectivity index (χ0v) is 11.9. The molecule has 1 N–H and O–H groups in total. The Morgan fingerprint density at radius 1 is 0.889 bits per heavy atom. The predicted octanol–water partition coefficient (Wildman–Crippen LogP) is 5.25. The summed E-state index contributed by atoms with van der Waals surface area (Å²) in [6.45, 7) is 1.82. The van der Waals surface area contributed by atoms with Gasteiger partial charge in [0.05, 0.1) is 15.1 Å². The minimum Gasteiger partial charge on any atom is -0.506 e. The summed E-state index contributed by atoms with van der Waals surface area (Å²) in [7, 11) is 0. The molecular formula is C14H11Cl3O. The monoisotopic (exact) mass is 300 g/mol. The van der Waals surface area contributed by atoms with Crippen molar-refractivity contribution in [2.75, 3.05) is 0 Å². The Bertz CT molecular complexity index is 571. The number of rotatable bonds is 2. The fourth-order valence-corrected chi connectivity index (χ4v) is 2.40. The van der Waals surface area contributed by atoms with Crippen molar-refractivity contribution in [3.05, 3.63) is 62.1 Å². The first-order valence-corrected chi connectivity index (χ1v) is 6.52. The van der Waals surface area contributed by atoms with Gasteiger partial charge in [0.2, 0.25) is 0 Å². The number of hydrogen-bond acceptors (Lipinski definition) is 1. The standard InChI is InChI=1S/C14H11Cl3O/c1-8-4-10(7-13(17)14(8)18)5-9-2-3-11(15)12(16)6-9/h2-4,6-7,18H,5H2,1H3.